The van der Waals surface area contributed by atoms with Gasteiger partial charge in [0.1, 0.15) is 29.3 Å². The van der Waals surface area contributed by atoms with E-state index in [2.05, 4.69) is 16.3 Å². The Balaban J connectivity index is 0.00000500. The molecule has 1 unspecified atom stereocenters. The third kappa shape index (κ3) is 7.86. The molecule has 4 N–H and O–H groups in total. The highest BCUT2D eigenvalue weighted by molar-refractivity contribution is 5.91. The molecule has 0 radical (unpaired) electrons. The molecule has 1 aliphatic heterocycles. The van der Waals surface area contributed by atoms with Crippen LogP contribution in [-0.4, -0.2) is 47.9 Å². The molecule has 1 atom stereocenters. The van der Waals surface area contributed by atoms with E-state index in [9.17, 15) is 24.8 Å². The zero-order valence-corrected chi connectivity index (χ0v) is 26.2. The number of hydroxylamine groups is 1. The fraction of sp³-hybridized carbons (Fsp3) is 0.200. The molecule has 47 heavy (non-hydrogen) atoms. The van der Waals surface area contributed by atoms with E-state index < -0.39 is 11.7 Å². The zero-order valence-electron chi connectivity index (χ0n) is 25.4. The smallest absolute Gasteiger partial charge is 0.267 e. The second-order valence-electron chi connectivity index (χ2n) is 10.8. The number of aromatic nitrogens is 1. The molecule has 5 rings (SSSR count). The lowest BCUT2D eigenvalue weighted by molar-refractivity contribution is -0.124. The molecule has 1 saturated heterocycles. The van der Waals surface area contributed by atoms with Crippen LogP contribution in [0.5, 0.6) is 11.5 Å². The van der Waals surface area contributed by atoms with Crippen molar-refractivity contribution in [1.82, 2.24) is 15.8 Å². The van der Waals surface area contributed by atoms with E-state index in [-0.39, 0.29) is 35.0 Å². The van der Waals surface area contributed by atoms with Gasteiger partial charge in [0.2, 0.25) is 0 Å². The van der Waals surface area contributed by atoms with Gasteiger partial charge in [-0.15, -0.1) is 12.4 Å². The molecule has 12 heteroatoms. The van der Waals surface area contributed by atoms with Crippen molar-refractivity contribution >= 4 is 30.2 Å². The number of phenolic OH excluding ortho intramolecular Hbond substituents is 1. The first-order chi connectivity index (χ1) is 22.3. The number of ether oxygens (including phenoxy) is 1. The summed E-state index contributed by atoms with van der Waals surface area (Å²) in [5.74, 6) is -0.310. The molecule has 240 valence electrons. The van der Waals surface area contributed by atoms with Crippen LogP contribution in [0.2, 0.25) is 0 Å². The van der Waals surface area contributed by atoms with Gasteiger partial charge in [-0.25, -0.2) is 14.9 Å². The van der Waals surface area contributed by atoms with Crippen LogP contribution in [0.1, 0.15) is 28.7 Å². The minimum atomic E-state index is -0.696. The van der Waals surface area contributed by atoms with Crippen molar-refractivity contribution in [3.63, 3.8) is 0 Å². The number of nitriles is 2. The van der Waals surface area contributed by atoms with Crippen LogP contribution in [0.25, 0.3) is 28.3 Å². The number of rotatable bonds is 10. The molecule has 1 aliphatic rings. The fourth-order valence-electron chi connectivity index (χ4n) is 5.55. The largest absolute Gasteiger partial charge is 0.504 e. The predicted molar refractivity (Wildman–Crippen MR) is 177 cm³/mol. The number of methoxy groups -OCH3 is 1. The molecule has 2 heterocycles. The topological polar surface area (TPSA) is 155 Å². The lowest BCUT2D eigenvalue weighted by Crippen LogP contribution is -2.27. The second-order valence-corrected chi connectivity index (χ2v) is 10.8. The van der Waals surface area contributed by atoms with E-state index in [4.69, 9.17) is 14.9 Å². The Bertz CT molecular complexity index is 1870. The molecule has 10 nitrogen and oxygen atoms in total. The standard InChI is InChI=1S/C35H31FN6O4.ClH/c1-46-32-10-9-25(15-31(32)43)29-20-40-35(28(17-38)34(29)26-7-8-27(16-37)30(36)14-26)42-13-12-24(21-42)19-39-18-23-4-2-22(3-5-23)6-11-33(44)41-45;/h2-11,14-15,20,24,39,43,45H,12-13,18-19,21H2,1H3,(H,41,44);1H/b11-6+;. The van der Waals surface area contributed by atoms with E-state index >= 15 is 0 Å². The number of hydrogen-bond donors (Lipinski definition) is 4. The number of nitrogens with zero attached hydrogens (tertiary/aromatic N) is 4. The SMILES string of the molecule is COc1ccc(-c2cnc(N3CCC(CNCc4ccc(/C=C/C(=O)NO)cc4)C3)c(C#N)c2-c2ccc(C#N)c(F)c2)cc1O.Cl. The van der Waals surface area contributed by atoms with Gasteiger partial charge < -0.3 is 20.1 Å². The molecule has 3 aromatic carbocycles. The Morgan fingerprint density at radius 3 is 2.55 bits per heavy atom. The molecule has 0 saturated carbocycles. The number of hydrogen-bond acceptors (Lipinski definition) is 9. The summed E-state index contributed by atoms with van der Waals surface area (Å²) in [7, 11) is 1.45. The van der Waals surface area contributed by atoms with Gasteiger partial charge in [-0.2, -0.15) is 10.5 Å². The summed E-state index contributed by atoms with van der Waals surface area (Å²) < 4.78 is 20.0. The van der Waals surface area contributed by atoms with E-state index in [1.165, 1.54) is 31.4 Å². The van der Waals surface area contributed by atoms with Gasteiger partial charge >= 0.3 is 0 Å². The highest BCUT2D eigenvalue weighted by Crippen LogP contribution is 2.41. The molecule has 0 aliphatic carbocycles. The summed E-state index contributed by atoms with van der Waals surface area (Å²) >= 11 is 0. The summed E-state index contributed by atoms with van der Waals surface area (Å²) in [6, 6.07) is 20.9. The van der Waals surface area contributed by atoms with Gasteiger partial charge in [0, 0.05) is 49.6 Å². The predicted octanol–water partition coefficient (Wildman–Crippen LogP) is 5.57. The van der Waals surface area contributed by atoms with Crippen LogP contribution in [-0.2, 0) is 11.3 Å². The number of benzene rings is 3. The van der Waals surface area contributed by atoms with Crippen molar-refractivity contribution in [2.75, 3.05) is 31.6 Å². The molecular weight excluding hydrogens is 623 g/mol. The molecule has 1 fully saturated rings. The Labute approximate surface area is 277 Å². The van der Waals surface area contributed by atoms with Crippen molar-refractivity contribution < 1.29 is 24.2 Å². The Morgan fingerprint density at radius 2 is 1.89 bits per heavy atom. The average molecular weight is 655 g/mol. The Kier molecular flexibility index (Phi) is 11.5. The first-order valence-corrected chi connectivity index (χ1v) is 14.5. The number of amides is 1. The van der Waals surface area contributed by atoms with Crippen LogP contribution in [0.15, 0.2) is 72.9 Å². The molecule has 1 aromatic heterocycles. The average Bonchev–Trinajstić information content (AvgIpc) is 3.55. The quantitative estimate of drug-likeness (QED) is 0.0976. The van der Waals surface area contributed by atoms with Crippen molar-refractivity contribution in [3.8, 4) is 45.9 Å². The van der Waals surface area contributed by atoms with E-state index in [0.717, 1.165) is 24.1 Å². The van der Waals surface area contributed by atoms with Gasteiger partial charge in [-0.1, -0.05) is 36.4 Å². The number of carbonyl (C=O) groups is 1. The maximum Gasteiger partial charge on any atom is 0.267 e. The summed E-state index contributed by atoms with van der Waals surface area (Å²) in [6.45, 7) is 2.74. The van der Waals surface area contributed by atoms with Crippen LogP contribution >= 0.6 is 12.4 Å². The molecule has 1 amide bonds. The maximum absolute atomic E-state index is 14.8. The lowest BCUT2D eigenvalue weighted by Gasteiger charge is -2.22. The van der Waals surface area contributed by atoms with Crippen LogP contribution in [0, 0.1) is 34.4 Å². The third-order valence-electron chi connectivity index (χ3n) is 7.90. The zero-order chi connectivity index (χ0) is 32.6. The maximum atomic E-state index is 14.8. The number of nitrogens with one attached hydrogen (secondary N) is 2. The molecule has 0 bridgehead atoms. The number of aromatic hydroxyl groups is 1. The summed E-state index contributed by atoms with van der Waals surface area (Å²) in [6.07, 6.45) is 5.36. The highest BCUT2D eigenvalue weighted by atomic mass is 35.5. The fourth-order valence-corrected chi connectivity index (χ4v) is 5.55. The minimum Gasteiger partial charge on any atom is -0.504 e. The number of halogens is 2. The van der Waals surface area contributed by atoms with Crippen LogP contribution < -0.4 is 20.4 Å². The van der Waals surface area contributed by atoms with Gasteiger partial charge in [-0.3, -0.25) is 10.0 Å². The summed E-state index contributed by atoms with van der Waals surface area (Å²) in [5.41, 5.74) is 5.60. The highest BCUT2D eigenvalue weighted by Gasteiger charge is 2.28. The van der Waals surface area contributed by atoms with Crippen molar-refractivity contribution in [3.05, 3.63) is 101 Å². The first kappa shape index (κ1) is 34.4. The second kappa shape index (κ2) is 15.7. The van der Waals surface area contributed by atoms with Crippen LogP contribution in [0.3, 0.4) is 0 Å². The summed E-state index contributed by atoms with van der Waals surface area (Å²) in [4.78, 5) is 17.9. The van der Waals surface area contributed by atoms with Crippen molar-refractivity contribution in [2.24, 2.45) is 5.92 Å². The van der Waals surface area contributed by atoms with Crippen LogP contribution in [0.4, 0.5) is 10.2 Å². The van der Waals surface area contributed by atoms with E-state index in [1.54, 1.807) is 36.0 Å². The van der Waals surface area contributed by atoms with E-state index in [0.29, 0.717) is 53.6 Å². The summed E-state index contributed by atoms with van der Waals surface area (Å²) in [5, 5.41) is 42.3. The molecule has 4 aromatic rings. The first-order valence-electron chi connectivity index (χ1n) is 14.5. The Hall–Kier alpha value is -5.46. The third-order valence-corrected chi connectivity index (χ3v) is 7.90. The lowest BCUT2D eigenvalue weighted by atomic mass is 9.91. The minimum absolute atomic E-state index is 0. The number of carbonyl (C=O) groups excluding carboxylic acids is 1. The van der Waals surface area contributed by atoms with Gasteiger partial charge in [0.15, 0.2) is 11.5 Å². The van der Waals surface area contributed by atoms with Gasteiger partial charge in [-0.05, 0) is 64.9 Å². The Morgan fingerprint density at radius 1 is 1.13 bits per heavy atom. The van der Waals surface area contributed by atoms with Crippen molar-refractivity contribution in [1.29, 1.82) is 10.5 Å². The van der Waals surface area contributed by atoms with Crippen molar-refractivity contribution in [2.45, 2.75) is 13.0 Å². The van der Waals surface area contributed by atoms with E-state index in [1.807, 2.05) is 30.3 Å². The monoisotopic (exact) mass is 654 g/mol. The number of phenols is 1. The van der Waals surface area contributed by atoms with Gasteiger partial charge in [0.25, 0.3) is 5.91 Å². The molecule has 0 spiro atoms. The van der Waals surface area contributed by atoms with Gasteiger partial charge in [0.05, 0.1) is 12.7 Å². The number of anilines is 1. The molecular formula is C35H32ClFN6O4. The number of pyridine rings is 1. The normalized spacial score (nSPS) is 13.9.